The van der Waals surface area contributed by atoms with E-state index in [0.29, 0.717) is 22.3 Å². The van der Waals surface area contributed by atoms with Gasteiger partial charge in [0, 0.05) is 16.4 Å². The Morgan fingerprint density at radius 2 is 2.00 bits per heavy atom. The van der Waals surface area contributed by atoms with Gasteiger partial charge in [-0.05, 0) is 39.0 Å². The predicted octanol–water partition coefficient (Wildman–Crippen LogP) is 4.17. The fourth-order valence-electron chi connectivity index (χ4n) is 2.02. The van der Waals surface area contributed by atoms with Crippen molar-refractivity contribution in [1.29, 1.82) is 0 Å². The summed E-state index contributed by atoms with van der Waals surface area (Å²) in [6.07, 6.45) is 0. The molecule has 0 unspecified atom stereocenters. The number of aryl methyl sites for hydroxylation is 2. The summed E-state index contributed by atoms with van der Waals surface area (Å²) in [5.74, 6) is -0.621. The summed E-state index contributed by atoms with van der Waals surface area (Å²) >= 11 is 13.3. The summed E-state index contributed by atoms with van der Waals surface area (Å²) in [6.45, 7) is 5.92. The van der Waals surface area contributed by atoms with Crippen LogP contribution < -0.4 is 5.32 Å². The molecule has 24 heavy (non-hydrogen) atoms. The van der Waals surface area contributed by atoms with Crippen LogP contribution in [0.25, 0.3) is 0 Å². The zero-order chi connectivity index (χ0) is 17.9. The number of benzene rings is 1. The molecule has 0 aliphatic rings. The molecule has 128 valence electrons. The van der Waals surface area contributed by atoms with Gasteiger partial charge in [0.25, 0.3) is 5.91 Å². The summed E-state index contributed by atoms with van der Waals surface area (Å²) < 4.78 is 0. The number of halogens is 2. The molecule has 0 fully saturated rings. The highest BCUT2D eigenvalue weighted by Crippen LogP contribution is 2.23. The van der Waals surface area contributed by atoms with Gasteiger partial charge < -0.3 is 10.2 Å². The van der Waals surface area contributed by atoms with Crippen molar-refractivity contribution >= 4 is 51.5 Å². The minimum atomic E-state index is -0.319. The van der Waals surface area contributed by atoms with Gasteiger partial charge in [-0.1, -0.05) is 23.2 Å². The summed E-state index contributed by atoms with van der Waals surface area (Å²) in [5, 5.41) is 3.96. The molecular weight excluding hydrogens is 369 g/mol. The largest absolute Gasteiger partial charge is 0.330 e. The van der Waals surface area contributed by atoms with Crippen LogP contribution in [-0.2, 0) is 4.79 Å². The number of amides is 2. The Labute approximate surface area is 154 Å². The van der Waals surface area contributed by atoms with Crippen LogP contribution in [0.3, 0.4) is 0 Å². The van der Waals surface area contributed by atoms with Gasteiger partial charge in [0.2, 0.25) is 5.91 Å². The van der Waals surface area contributed by atoms with E-state index >= 15 is 0 Å². The highest BCUT2D eigenvalue weighted by molar-refractivity contribution is 7.15. The Morgan fingerprint density at radius 1 is 1.29 bits per heavy atom. The Hall–Kier alpha value is -1.63. The van der Waals surface area contributed by atoms with Crippen molar-refractivity contribution < 1.29 is 9.59 Å². The molecule has 0 saturated heterocycles. The van der Waals surface area contributed by atoms with Gasteiger partial charge in [-0.2, -0.15) is 0 Å². The lowest BCUT2D eigenvalue weighted by atomic mass is 10.2. The molecule has 0 saturated carbocycles. The van der Waals surface area contributed by atoms with E-state index in [1.807, 2.05) is 13.8 Å². The topological polar surface area (TPSA) is 62.3 Å². The molecule has 0 spiro atoms. The monoisotopic (exact) mass is 385 g/mol. The van der Waals surface area contributed by atoms with Crippen LogP contribution >= 0.6 is 34.5 Å². The van der Waals surface area contributed by atoms with Gasteiger partial charge in [0.05, 0.1) is 16.3 Å². The second-order valence-corrected chi connectivity index (χ2v) is 7.20. The lowest BCUT2D eigenvalue weighted by molar-refractivity contribution is -0.116. The zero-order valence-electron chi connectivity index (χ0n) is 13.5. The molecule has 2 aromatic rings. The standard InChI is InChI=1S/C16H17Cl2N3O2S/c1-4-21(15(23)12-6-5-11(17)7-13(12)18)8-14(22)20-16-19-9(2)10(3)24-16/h5-7H,4,8H2,1-3H3,(H,19,20,22). The van der Waals surface area contributed by atoms with Crippen LogP contribution in [0, 0.1) is 13.8 Å². The summed E-state index contributed by atoms with van der Waals surface area (Å²) in [5.41, 5.74) is 1.20. The number of thiazole rings is 1. The van der Waals surface area contributed by atoms with Gasteiger partial charge in [-0.25, -0.2) is 4.98 Å². The van der Waals surface area contributed by atoms with Crippen molar-refractivity contribution in [3.05, 3.63) is 44.4 Å². The van der Waals surface area contributed by atoms with Crippen LogP contribution in [-0.4, -0.2) is 34.8 Å². The first-order valence-corrected chi connectivity index (χ1v) is 8.87. The quantitative estimate of drug-likeness (QED) is 0.839. The molecule has 5 nitrogen and oxygen atoms in total. The third kappa shape index (κ3) is 4.47. The third-order valence-corrected chi connectivity index (χ3v) is 4.98. The fraction of sp³-hybridized carbons (Fsp3) is 0.312. The molecule has 0 bridgehead atoms. The second kappa shape index (κ2) is 7.96. The third-order valence-electron chi connectivity index (χ3n) is 3.44. The van der Waals surface area contributed by atoms with Crippen LogP contribution in [0.15, 0.2) is 18.2 Å². The first-order valence-electron chi connectivity index (χ1n) is 7.30. The van der Waals surface area contributed by atoms with Gasteiger partial charge in [0.15, 0.2) is 5.13 Å². The van der Waals surface area contributed by atoms with E-state index in [2.05, 4.69) is 10.3 Å². The first-order chi connectivity index (χ1) is 11.3. The SMILES string of the molecule is CCN(CC(=O)Nc1nc(C)c(C)s1)C(=O)c1ccc(Cl)cc1Cl. The highest BCUT2D eigenvalue weighted by atomic mass is 35.5. The molecule has 0 aliphatic heterocycles. The molecule has 1 aromatic carbocycles. The number of aromatic nitrogens is 1. The molecular formula is C16H17Cl2N3O2S. The van der Waals surface area contributed by atoms with E-state index in [4.69, 9.17) is 23.2 Å². The van der Waals surface area contributed by atoms with Gasteiger partial charge >= 0.3 is 0 Å². The minimum absolute atomic E-state index is 0.0774. The predicted molar refractivity (Wildman–Crippen MR) is 98.3 cm³/mol. The number of likely N-dealkylation sites (N-methyl/N-ethyl adjacent to an activating group) is 1. The van der Waals surface area contributed by atoms with E-state index in [1.165, 1.54) is 22.3 Å². The molecule has 0 atom stereocenters. The molecule has 1 heterocycles. The minimum Gasteiger partial charge on any atom is -0.330 e. The van der Waals surface area contributed by atoms with Gasteiger partial charge in [-0.15, -0.1) is 11.3 Å². The Balaban J connectivity index is 2.07. The maximum Gasteiger partial charge on any atom is 0.255 e. The average Bonchev–Trinajstić information content (AvgIpc) is 2.82. The number of nitrogens with one attached hydrogen (secondary N) is 1. The number of carbonyl (C=O) groups excluding carboxylic acids is 2. The normalized spacial score (nSPS) is 10.5. The molecule has 0 radical (unpaired) electrons. The van der Waals surface area contributed by atoms with Gasteiger partial charge in [-0.3, -0.25) is 9.59 Å². The van der Waals surface area contributed by atoms with E-state index in [1.54, 1.807) is 19.1 Å². The highest BCUT2D eigenvalue weighted by Gasteiger charge is 2.20. The molecule has 0 aliphatic carbocycles. The van der Waals surface area contributed by atoms with Gasteiger partial charge in [0.1, 0.15) is 6.54 Å². The smallest absolute Gasteiger partial charge is 0.255 e. The summed E-state index contributed by atoms with van der Waals surface area (Å²) in [4.78, 5) is 31.5. The van der Waals surface area contributed by atoms with Crippen molar-refractivity contribution in [3.8, 4) is 0 Å². The van der Waals surface area contributed by atoms with Crippen molar-refractivity contribution in [2.24, 2.45) is 0 Å². The van der Waals surface area contributed by atoms with Crippen molar-refractivity contribution in [1.82, 2.24) is 9.88 Å². The van der Waals surface area contributed by atoms with Crippen molar-refractivity contribution in [2.45, 2.75) is 20.8 Å². The van der Waals surface area contributed by atoms with Crippen LogP contribution in [0.1, 0.15) is 27.9 Å². The number of hydrogen-bond donors (Lipinski definition) is 1. The first kappa shape index (κ1) is 18.7. The number of carbonyl (C=O) groups is 2. The number of rotatable bonds is 5. The lowest BCUT2D eigenvalue weighted by Crippen LogP contribution is -2.38. The molecule has 8 heteroatoms. The summed E-state index contributed by atoms with van der Waals surface area (Å²) in [7, 11) is 0. The van der Waals surface area contributed by atoms with E-state index in [-0.39, 0.29) is 23.4 Å². The van der Waals surface area contributed by atoms with E-state index in [9.17, 15) is 9.59 Å². The molecule has 1 aromatic heterocycles. The maximum absolute atomic E-state index is 12.6. The Bertz CT molecular complexity index is 757. The van der Waals surface area contributed by atoms with Crippen LogP contribution in [0.2, 0.25) is 10.0 Å². The van der Waals surface area contributed by atoms with E-state index in [0.717, 1.165) is 10.6 Å². The average molecular weight is 386 g/mol. The molecule has 1 N–H and O–H groups in total. The second-order valence-electron chi connectivity index (χ2n) is 5.15. The maximum atomic E-state index is 12.6. The fourth-order valence-corrected chi connectivity index (χ4v) is 3.34. The van der Waals surface area contributed by atoms with Crippen LogP contribution in [0.5, 0.6) is 0 Å². The van der Waals surface area contributed by atoms with Crippen molar-refractivity contribution in [2.75, 3.05) is 18.4 Å². The molecule has 2 rings (SSSR count). The Morgan fingerprint density at radius 3 is 2.54 bits per heavy atom. The van der Waals surface area contributed by atoms with E-state index < -0.39 is 0 Å². The zero-order valence-corrected chi connectivity index (χ0v) is 15.8. The lowest BCUT2D eigenvalue weighted by Gasteiger charge is -2.20. The van der Waals surface area contributed by atoms with Crippen molar-refractivity contribution in [3.63, 3.8) is 0 Å². The Kier molecular flexibility index (Phi) is 6.21. The number of nitrogens with zero attached hydrogens (tertiary/aromatic N) is 2. The molecule has 2 amide bonds. The van der Waals surface area contributed by atoms with Crippen LogP contribution in [0.4, 0.5) is 5.13 Å². The number of hydrogen-bond acceptors (Lipinski definition) is 4. The summed E-state index contributed by atoms with van der Waals surface area (Å²) in [6, 6.07) is 4.65. The number of anilines is 1.